The van der Waals surface area contributed by atoms with Crippen LogP contribution < -0.4 is 15.4 Å². The van der Waals surface area contributed by atoms with Gasteiger partial charge in [-0.3, -0.25) is 0 Å². The van der Waals surface area contributed by atoms with E-state index in [9.17, 15) is 13.9 Å². The van der Waals surface area contributed by atoms with Crippen LogP contribution in [0, 0.1) is 0 Å². The molecule has 2 aromatic rings. The minimum absolute atomic E-state index is 0.0440. The number of aromatic nitrogens is 3. The van der Waals surface area contributed by atoms with Crippen LogP contribution in [0.15, 0.2) is 35.6 Å². The lowest BCUT2D eigenvalue weighted by Crippen LogP contribution is -2.39. The maximum atomic E-state index is 12.1. The van der Waals surface area contributed by atoms with Gasteiger partial charge < -0.3 is 25.0 Å². The molecule has 0 amide bonds. The summed E-state index contributed by atoms with van der Waals surface area (Å²) >= 11 is 0. The van der Waals surface area contributed by atoms with Crippen LogP contribution >= 0.6 is 0 Å². The molecule has 1 aromatic heterocycles. The molecule has 26 heavy (non-hydrogen) atoms. The minimum atomic E-state index is -2.87. The van der Waals surface area contributed by atoms with Gasteiger partial charge in [-0.05, 0) is 24.6 Å². The first-order valence-corrected chi connectivity index (χ1v) is 8.07. The number of guanidine groups is 1. The number of hydrogen-bond acceptors (Lipinski definition) is 5. The van der Waals surface area contributed by atoms with Gasteiger partial charge in [0.15, 0.2) is 11.8 Å². The highest BCUT2D eigenvalue weighted by Gasteiger charge is 2.10. The van der Waals surface area contributed by atoms with Gasteiger partial charge in [0.25, 0.3) is 0 Å². The number of aliphatic hydroxyl groups is 1. The number of nitrogens with zero attached hydrogens (tertiary/aromatic N) is 4. The molecule has 0 aliphatic carbocycles. The first kappa shape index (κ1) is 19.6. The maximum Gasteiger partial charge on any atom is 0.387 e. The molecular weight excluding hydrogens is 346 g/mol. The molecule has 10 heteroatoms. The predicted octanol–water partition coefficient (Wildman–Crippen LogP) is 1.21. The zero-order valence-electron chi connectivity index (χ0n) is 14.6. The van der Waals surface area contributed by atoms with Crippen molar-refractivity contribution in [1.29, 1.82) is 0 Å². The van der Waals surface area contributed by atoms with Crippen molar-refractivity contribution < 1.29 is 18.6 Å². The third-order valence-electron chi connectivity index (χ3n) is 3.48. The van der Waals surface area contributed by atoms with Crippen molar-refractivity contribution in [2.75, 3.05) is 13.1 Å². The summed E-state index contributed by atoms with van der Waals surface area (Å²) in [6.45, 7) is 0.236. The molecule has 1 heterocycles. The second-order valence-electron chi connectivity index (χ2n) is 5.40. The zero-order valence-corrected chi connectivity index (χ0v) is 14.6. The SMILES string of the molecule is CCNC(=NCc1nncn1C)NCC(O)c1ccc(OC(F)F)cc1. The average Bonchev–Trinajstić information content (AvgIpc) is 3.02. The average molecular weight is 368 g/mol. The van der Waals surface area contributed by atoms with Gasteiger partial charge in [0, 0.05) is 20.1 Å². The Morgan fingerprint density at radius 3 is 2.62 bits per heavy atom. The number of rotatable bonds is 8. The molecular formula is C16H22F2N6O2. The van der Waals surface area contributed by atoms with Crippen molar-refractivity contribution in [3.63, 3.8) is 0 Å². The van der Waals surface area contributed by atoms with Crippen molar-refractivity contribution in [1.82, 2.24) is 25.4 Å². The summed E-state index contributed by atoms with van der Waals surface area (Å²) in [4.78, 5) is 4.39. The van der Waals surface area contributed by atoms with Crippen LogP contribution in [-0.4, -0.2) is 45.5 Å². The lowest BCUT2D eigenvalue weighted by molar-refractivity contribution is -0.0498. The number of benzene rings is 1. The fourth-order valence-corrected chi connectivity index (χ4v) is 2.12. The molecule has 1 unspecified atom stereocenters. The highest BCUT2D eigenvalue weighted by molar-refractivity contribution is 5.79. The zero-order chi connectivity index (χ0) is 18.9. The fraction of sp³-hybridized carbons (Fsp3) is 0.438. The smallest absolute Gasteiger partial charge is 0.387 e. The van der Waals surface area contributed by atoms with Gasteiger partial charge in [0.2, 0.25) is 0 Å². The topological polar surface area (TPSA) is 96.6 Å². The Bertz CT molecular complexity index is 705. The van der Waals surface area contributed by atoms with Gasteiger partial charge in [-0.2, -0.15) is 8.78 Å². The van der Waals surface area contributed by atoms with Gasteiger partial charge >= 0.3 is 6.61 Å². The Morgan fingerprint density at radius 2 is 2.04 bits per heavy atom. The van der Waals surface area contributed by atoms with Crippen molar-refractivity contribution in [3.05, 3.63) is 42.0 Å². The van der Waals surface area contributed by atoms with Gasteiger partial charge in [0.1, 0.15) is 18.6 Å². The number of nitrogens with one attached hydrogen (secondary N) is 2. The van der Waals surface area contributed by atoms with Crippen LogP contribution in [0.5, 0.6) is 5.75 Å². The number of aliphatic imine (C=N–C) groups is 1. The highest BCUT2D eigenvalue weighted by atomic mass is 19.3. The van der Waals surface area contributed by atoms with Gasteiger partial charge in [-0.15, -0.1) is 10.2 Å². The number of halogens is 2. The van der Waals surface area contributed by atoms with E-state index in [1.54, 1.807) is 10.9 Å². The summed E-state index contributed by atoms with van der Waals surface area (Å²) in [5, 5.41) is 24.1. The van der Waals surface area contributed by atoms with Gasteiger partial charge in [-0.1, -0.05) is 12.1 Å². The van der Waals surface area contributed by atoms with Crippen molar-refractivity contribution in [2.45, 2.75) is 26.2 Å². The summed E-state index contributed by atoms with van der Waals surface area (Å²) in [7, 11) is 1.83. The molecule has 0 saturated carbocycles. The van der Waals surface area contributed by atoms with Crippen LogP contribution in [0.3, 0.4) is 0 Å². The normalized spacial score (nSPS) is 12.9. The molecule has 1 atom stereocenters. The Labute approximate surface area is 149 Å². The van der Waals surface area contributed by atoms with Crippen LogP contribution in [0.4, 0.5) is 8.78 Å². The van der Waals surface area contributed by atoms with E-state index >= 15 is 0 Å². The lowest BCUT2D eigenvalue weighted by atomic mass is 10.1. The molecule has 0 aliphatic rings. The van der Waals surface area contributed by atoms with E-state index in [1.807, 2.05) is 14.0 Å². The van der Waals surface area contributed by atoms with Gasteiger partial charge in [0.05, 0.1) is 6.10 Å². The number of aryl methyl sites for hydroxylation is 1. The maximum absolute atomic E-state index is 12.1. The standard InChI is InChI=1S/C16H22F2N6O2/c1-3-19-16(21-9-14-23-22-10-24(14)2)20-8-13(25)11-4-6-12(7-5-11)26-15(17)18/h4-7,10,13,15,25H,3,8-9H2,1-2H3,(H2,19,20,21). The van der Waals surface area contributed by atoms with Crippen LogP contribution in [0.1, 0.15) is 24.4 Å². The van der Waals surface area contributed by atoms with Crippen LogP contribution in [-0.2, 0) is 13.6 Å². The summed E-state index contributed by atoms with van der Waals surface area (Å²) in [6, 6.07) is 5.84. The predicted molar refractivity (Wildman–Crippen MR) is 91.9 cm³/mol. The molecule has 0 aliphatic heterocycles. The largest absolute Gasteiger partial charge is 0.435 e. The molecule has 0 spiro atoms. The molecule has 3 N–H and O–H groups in total. The molecule has 0 radical (unpaired) electrons. The monoisotopic (exact) mass is 368 g/mol. The molecule has 2 rings (SSSR count). The number of aliphatic hydroxyl groups excluding tert-OH is 1. The van der Waals surface area contributed by atoms with Crippen molar-refractivity contribution in [2.24, 2.45) is 12.0 Å². The first-order valence-electron chi connectivity index (χ1n) is 8.07. The quantitative estimate of drug-likeness (QED) is 0.479. The second kappa shape index (κ2) is 9.66. The minimum Gasteiger partial charge on any atom is -0.435 e. The fourth-order valence-electron chi connectivity index (χ4n) is 2.12. The second-order valence-corrected chi connectivity index (χ2v) is 5.40. The van der Waals surface area contributed by atoms with Crippen molar-refractivity contribution in [3.8, 4) is 5.75 Å². The Hall–Kier alpha value is -2.75. The lowest BCUT2D eigenvalue weighted by Gasteiger charge is -2.16. The van der Waals surface area contributed by atoms with Gasteiger partial charge in [-0.25, -0.2) is 4.99 Å². The molecule has 0 fully saturated rings. The van der Waals surface area contributed by atoms with Crippen LogP contribution in [0.2, 0.25) is 0 Å². The van der Waals surface area contributed by atoms with Crippen LogP contribution in [0.25, 0.3) is 0 Å². The number of alkyl halides is 2. The number of ether oxygens (including phenoxy) is 1. The van der Waals surface area contributed by atoms with E-state index in [1.165, 1.54) is 24.3 Å². The summed E-state index contributed by atoms with van der Waals surface area (Å²) < 4.78 is 30.4. The molecule has 8 nitrogen and oxygen atoms in total. The van der Waals surface area contributed by atoms with E-state index in [0.717, 1.165) is 0 Å². The number of hydrogen-bond donors (Lipinski definition) is 3. The first-order chi connectivity index (χ1) is 12.5. The Balaban J connectivity index is 1.91. The van der Waals surface area contributed by atoms with E-state index in [-0.39, 0.29) is 12.3 Å². The molecule has 0 saturated heterocycles. The van der Waals surface area contributed by atoms with E-state index in [4.69, 9.17) is 0 Å². The summed E-state index contributed by atoms with van der Waals surface area (Å²) in [5.41, 5.74) is 0.572. The summed E-state index contributed by atoms with van der Waals surface area (Å²) in [5.74, 6) is 1.27. The summed E-state index contributed by atoms with van der Waals surface area (Å²) in [6.07, 6.45) is 0.755. The third-order valence-corrected chi connectivity index (χ3v) is 3.48. The van der Waals surface area contributed by atoms with E-state index in [2.05, 4.69) is 30.6 Å². The molecule has 0 bridgehead atoms. The molecule has 142 valence electrons. The van der Waals surface area contributed by atoms with E-state index in [0.29, 0.717) is 30.4 Å². The Morgan fingerprint density at radius 1 is 1.31 bits per heavy atom. The van der Waals surface area contributed by atoms with Crippen molar-refractivity contribution >= 4 is 5.96 Å². The molecule has 1 aromatic carbocycles. The Kier molecular flexibility index (Phi) is 7.27. The van der Waals surface area contributed by atoms with E-state index < -0.39 is 12.7 Å². The third kappa shape index (κ3) is 5.96. The highest BCUT2D eigenvalue weighted by Crippen LogP contribution is 2.18.